The lowest BCUT2D eigenvalue weighted by atomic mass is 9.70. The molecule has 1 saturated carbocycles. The van der Waals surface area contributed by atoms with Gasteiger partial charge in [0.2, 0.25) is 0 Å². The van der Waals surface area contributed by atoms with E-state index in [1.165, 1.54) is 0 Å². The first-order chi connectivity index (χ1) is 9.41. The van der Waals surface area contributed by atoms with E-state index in [1.54, 1.807) is 0 Å². The van der Waals surface area contributed by atoms with Crippen LogP contribution in [-0.4, -0.2) is 28.3 Å². The van der Waals surface area contributed by atoms with Gasteiger partial charge in [-0.05, 0) is 51.9 Å². The number of rotatable bonds is 3. The summed E-state index contributed by atoms with van der Waals surface area (Å²) in [7, 11) is 0. The van der Waals surface area contributed by atoms with Crippen LogP contribution in [-0.2, 0) is 4.74 Å². The first-order valence-electron chi connectivity index (χ1n) is 7.39. The Kier molecular flexibility index (Phi) is 4.80. The van der Waals surface area contributed by atoms with Gasteiger partial charge in [0.15, 0.2) is 0 Å². The fraction of sp³-hybridized carbons (Fsp3) is 0.867. The molecule has 0 aromatic carbocycles. The Morgan fingerprint density at radius 2 is 2.00 bits per heavy atom. The van der Waals surface area contributed by atoms with Gasteiger partial charge < -0.3 is 21.0 Å². The minimum absolute atomic E-state index is 0.181. The van der Waals surface area contributed by atoms with Crippen LogP contribution in [0.3, 0.4) is 0 Å². The second-order valence-electron chi connectivity index (χ2n) is 7.71. The van der Waals surface area contributed by atoms with Crippen molar-refractivity contribution < 1.29 is 14.7 Å². The number of ether oxygens (including phenoxy) is 1. The van der Waals surface area contributed by atoms with Crippen molar-refractivity contribution in [3.8, 4) is 0 Å². The summed E-state index contributed by atoms with van der Waals surface area (Å²) in [6.45, 7) is 11.8. The minimum atomic E-state index is -0.517. The van der Waals surface area contributed by atoms with E-state index in [-0.39, 0.29) is 22.7 Å². The SMILES string of the molecule is CC(C)(C)OC(=O)N[C@]1(C)CC[C@H](C/C(N)=N/O)C1(C)C. The molecule has 21 heavy (non-hydrogen) atoms. The fourth-order valence-corrected chi connectivity index (χ4v) is 3.00. The normalized spacial score (nSPS) is 29.2. The maximum Gasteiger partial charge on any atom is 0.408 e. The number of nitrogens with one attached hydrogen (secondary N) is 1. The lowest BCUT2D eigenvalue weighted by Crippen LogP contribution is -2.55. The largest absolute Gasteiger partial charge is 0.444 e. The molecule has 1 aliphatic carbocycles. The topological polar surface area (TPSA) is 96.9 Å². The molecule has 0 aromatic heterocycles. The molecule has 1 fully saturated rings. The molecule has 0 heterocycles. The molecule has 1 aliphatic rings. The zero-order valence-electron chi connectivity index (χ0n) is 14.0. The summed E-state index contributed by atoms with van der Waals surface area (Å²) < 4.78 is 5.36. The van der Waals surface area contributed by atoms with Gasteiger partial charge in [0.05, 0.1) is 0 Å². The highest BCUT2D eigenvalue weighted by molar-refractivity contribution is 5.80. The first kappa shape index (κ1) is 17.6. The Balaban J connectivity index is 2.80. The van der Waals surface area contributed by atoms with Crippen molar-refractivity contribution in [1.82, 2.24) is 5.32 Å². The van der Waals surface area contributed by atoms with Crippen LogP contribution >= 0.6 is 0 Å². The van der Waals surface area contributed by atoms with Crippen molar-refractivity contribution >= 4 is 11.9 Å². The highest BCUT2D eigenvalue weighted by atomic mass is 16.6. The van der Waals surface area contributed by atoms with Gasteiger partial charge in [-0.3, -0.25) is 0 Å². The fourth-order valence-electron chi connectivity index (χ4n) is 3.00. The molecule has 0 spiro atoms. The molecule has 0 aliphatic heterocycles. The molecule has 122 valence electrons. The number of amides is 1. The number of oxime groups is 1. The maximum atomic E-state index is 12.1. The molecule has 6 heteroatoms. The molecular weight excluding hydrogens is 270 g/mol. The van der Waals surface area contributed by atoms with Crippen LogP contribution in [0.4, 0.5) is 4.79 Å². The van der Waals surface area contributed by atoms with Crippen LogP contribution in [0.25, 0.3) is 0 Å². The lowest BCUT2D eigenvalue weighted by Gasteiger charge is -2.42. The number of carbonyl (C=O) groups is 1. The first-order valence-corrected chi connectivity index (χ1v) is 7.39. The minimum Gasteiger partial charge on any atom is -0.444 e. The van der Waals surface area contributed by atoms with Crippen LogP contribution in [0.15, 0.2) is 5.16 Å². The second kappa shape index (κ2) is 5.73. The van der Waals surface area contributed by atoms with Crippen LogP contribution in [0.2, 0.25) is 0 Å². The smallest absolute Gasteiger partial charge is 0.408 e. The predicted octanol–water partition coefficient (Wildman–Crippen LogP) is 2.84. The summed E-state index contributed by atoms with van der Waals surface area (Å²) in [6.07, 6.45) is 1.87. The van der Waals surface area contributed by atoms with Gasteiger partial charge in [-0.1, -0.05) is 19.0 Å². The summed E-state index contributed by atoms with van der Waals surface area (Å²) in [5, 5.41) is 14.8. The summed E-state index contributed by atoms with van der Waals surface area (Å²) in [6, 6.07) is 0. The van der Waals surface area contributed by atoms with Gasteiger partial charge in [-0.25, -0.2) is 4.79 Å². The van der Waals surface area contributed by atoms with E-state index in [0.717, 1.165) is 12.8 Å². The molecule has 0 aromatic rings. The average Bonchev–Trinajstić information content (AvgIpc) is 2.50. The predicted molar refractivity (Wildman–Crippen MR) is 82.3 cm³/mol. The van der Waals surface area contributed by atoms with Crippen LogP contribution < -0.4 is 11.1 Å². The Morgan fingerprint density at radius 1 is 1.43 bits per heavy atom. The summed E-state index contributed by atoms with van der Waals surface area (Å²) in [5.74, 6) is 0.475. The number of hydrogen-bond donors (Lipinski definition) is 3. The zero-order valence-corrected chi connectivity index (χ0v) is 14.0. The van der Waals surface area contributed by atoms with Gasteiger partial charge in [-0.2, -0.15) is 0 Å². The lowest BCUT2D eigenvalue weighted by molar-refractivity contribution is 0.0353. The third kappa shape index (κ3) is 4.02. The van der Waals surface area contributed by atoms with Gasteiger partial charge in [0, 0.05) is 12.0 Å². The van der Waals surface area contributed by atoms with Crippen LogP contribution in [0, 0.1) is 11.3 Å². The van der Waals surface area contributed by atoms with E-state index in [2.05, 4.69) is 24.3 Å². The monoisotopic (exact) mass is 299 g/mol. The van der Waals surface area contributed by atoms with Crippen molar-refractivity contribution in [2.45, 2.75) is 71.9 Å². The number of nitrogens with zero attached hydrogens (tertiary/aromatic N) is 1. The van der Waals surface area contributed by atoms with Gasteiger partial charge >= 0.3 is 6.09 Å². The van der Waals surface area contributed by atoms with Gasteiger partial charge in [-0.15, -0.1) is 0 Å². The maximum absolute atomic E-state index is 12.1. The zero-order chi connectivity index (χ0) is 16.5. The number of alkyl carbamates (subject to hydrolysis) is 1. The highest BCUT2D eigenvalue weighted by Crippen LogP contribution is 2.51. The van der Waals surface area contributed by atoms with Crippen LogP contribution in [0.5, 0.6) is 0 Å². The third-order valence-corrected chi connectivity index (χ3v) is 4.80. The molecule has 0 saturated heterocycles. The standard InChI is InChI=1S/C15H29N3O3/c1-13(2,3)21-12(19)17-15(6)8-7-10(14(15,4)5)9-11(16)18-20/h10,20H,7-9H2,1-6H3,(H2,16,18)(H,17,19)/t10-,15-/m1/s1. The molecule has 2 atom stereocenters. The molecular formula is C15H29N3O3. The van der Waals surface area contributed by atoms with Crippen molar-refractivity contribution in [2.24, 2.45) is 22.2 Å². The number of nitrogens with two attached hydrogens (primary N) is 1. The average molecular weight is 299 g/mol. The Labute approximate surface area is 127 Å². The molecule has 4 N–H and O–H groups in total. The third-order valence-electron chi connectivity index (χ3n) is 4.80. The summed E-state index contributed by atoms with van der Waals surface area (Å²) in [5.41, 5.74) is 4.56. The van der Waals surface area contributed by atoms with E-state index < -0.39 is 11.7 Å². The van der Waals surface area contributed by atoms with Crippen molar-refractivity contribution in [1.29, 1.82) is 0 Å². The van der Waals surface area contributed by atoms with Crippen molar-refractivity contribution in [3.63, 3.8) is 0 Å². The van der Waals surface area contributed by atoms with Gasteiger partial charge in [0.1, 0.15) is 11.4 Å². The van der Waals surface area contributed by atoms with Crippen molar-refractivity contribution in [2.75, 3.05) is 0 Å². The molecule has 0 bridgehead atoms. The van der Waals surface area contributed by atoms with Crippen molar-refractivity contribution in [3.05, 3.63) is 0 Å². The Bertz CT molecular complexity index is 426. The Hall–Kier alpha value is -1.46. The molecule has 1 rings (SSSR count). The molecule has 1 amide bonds. The van der Waals surface area contributed by atoms with E-state index in [9.17, 15) is 4.79 Å². The molecule has 0 radical (unpaired) electrons. The molecule has 0 unspecified atom stereocenters. The van der Waals surface area contributed by atoms with E-state index in [0.29, 0.717) is 6.42 Å². The number of hydrogen-bond acceptors (Lipinski definition) is 4. The Morgan fingerprint density at radius 3 is 2.48 bits per heavy atom. The molecule has 6 nitrogen and oxygen atoms in total. The van der Waals surface area contributed by atoms with Gasteiger partial charge in [0.25, 0.3) is 0 Å². The number of carbonyl (C=O) groups excluding carboxylic acids is 1. The summed E-state index contributed by atoms with van der Waals surface area (Å²) in [4.78, 5) is 12.1. The summed E-state index contributed by atoms with van der Waals surface area (Å²) >= 11 is 0. The number of amidine groups is 1. The highest BCUT2D eigenvalue weighted by Gasteiger charge is 2.52. The van der Waals surface area contributed by atoms with E-state index >= 15 is 0 Å². The second-order valence-corrected chi connectivity index (χ2v) is 7.71. The van der Waals surface area contributed by atoms with E-state index in [4.69, 9.17) is 15.7 Å². The van der Waals surface area contributed by atoms with Crippen LogP contribution in [0.1, 0.15) is 60.8 Å². The quantitative estimate of drug-likeness (QED) is 0.323. The van der Waals surface area contributed by atoms with E-state index in [1.807, 2.05) is 27.7 Å².